The van der Waals surface area contributed by atoms with E-state index in [4.69, 9.17) is 0 Å². The normalized spacial score (nSPS) is 23.7. The second-order valence-corrected chi connectivity index (χ2v) is 9.63. The third-order valence-corrected chi connectivity index (χ3v) is 7.64. The van der Waals surface area contributed by atoms with Gasteiger partial charge < -0.3 is 9.80 Å². The van der Waals surface area contributed by atoms with E-state index in [1.54, 1.807) is 23.1 Å². The van der Waals surface area contributed by atoms with Crippen molar-refractivity contribution < 1.29 is 18.8 Å². The number of piperazine rings is 1. The maximum atomic E-state index is 15.0. The summed E-state index contributed by atoms with van der Waals surface area (Å²) in [5.41, 5.74) is -0.204. The van der Waals surface area contributed by atoms with Gasteiger partial charge in [-0.2, -0.15) is 0 Å². The van der Waals surface area contributed by atoms with Crippen LogP contribution in [0, 0.1) is 5.82 Å². The minimum absolute atomic E-state index is 0.141. The number of carbonyl (C=O) groups excluding carboxylic acids is 3. The molecule has 0 N–H and O–H groups in total. The molecule has 0 bridgehead atoms. The van der Waals surface area contributed by atoms with Gasteiger partial charge in [-0.1, -0.05) is 49.2 Å². The molecule has 7 heteroatoms. The number of hydrogen-bond donors (Lipinski definition) is 0. The minimum Gasteiger partial charge on any atom is -0.368 e. The standard InChI is InChI=1S/C27H30FN3O3/c28-23-13-7-6-12-22(23)27(19-25(33)31(26(27)34)21-10-4-5-11-21)18-24(32)30-16-14-29(15-17-30)20-8-2-1-3-9-20/h1-3,6-9,12-13,21H,4-5,10-11,14-19H2. The number of carbonyl (C=O) groups is 3. The summed E-state index contributed by atoms with van der Waals surface area (Å²) in [5, 5.41) is 0. The summed E-state index contributed by atoms with van der Waals surface area (Å²) in [7, 11) is 0. The van der Waals surface area contributed by atoms with Gasteiger partial charge in [0.2, 0.25) is 17.7 Å². The molecule has 1 saturated carbocycles. The molecule has 1 aliphatic carbocycles. The number of amides is 3. The van der Waals surface area contributed by atoms with Crippen LogP contribution in [-0.4, -0.2) is 59.7 Å². The van der Waals surface area contributed by atoms with Crippen LogP contribution >= 0.6 is 0 Å². The lowest BCUT2D eigenvalue weighted by Gasteiger charge is -2.38. The zero-order valence-corrected chi connectivity index (χ0v) is 19.3. The number of nitrogens with zero attached hydrogens (tertiary/aromatic N) is 3. The topological polar surface area (TPSA) is 60.9 Å². The van der Waals surface area contributed by atoms with E-state index in [1.165, 1.54) is 11.0 Å². The van der Waals surface area contributed by atoms with Gasteiger partial charge in [0.25, 0.3) is 0 Å². The predicted octanol–water partition coefficient (Wildman–Crippen LogP) is 3.50. The Labute approximate surface area is 199 Å². The van der Waals surface area contributed by atoms with Crippen LogP contribution in [0.25, 0.3) is 0 Å². The molecule has 3 amide bonds. The number of halogens is 1. The van der Waals surface area contributed by atoms with E-state index in [0.29, 0.717) is 26.2 Å². The quantitative estimate of drug-likeness (QED) is 0.637. The van der Waals surface area contributed by atoms with Crippen LogP contribution < -0.4 is 4.90 Å². The van der Waals surface area contributed by atoms with Crippen molar-refractivity contribution in [2.45, 2.75) is 50.0 Å². The zero-order chi connectivity index (χ0) is 23.7. The Morgan fingerprint density at radius 1 is 0.912 bits per heavy atom. The molecule has 2 aromatic carbocycles. The molecule has 0 aromatic heterocycles. The number of para-hydroxylation sites is 1. The van der Waals surface area contributed by atoms with Gasteiger partial charge in [0.15, 0.2) is 0 Å². The van der Waals surface area contributed by atoms with Crippen LogP contribution in [-0.2, 0) is 19.8 Å². The van der Waals surface area contributed by atoms with Gasteiger partial charge in [-0.3, -0.25) is 19.3 Å². The Balaban J connectivity index is 1.38. The first-order chi connectivity index (χ1) is 16.5. The van der Waals surface area contributed by atoms with Crippen molar-refractivity contribution in [1.82, 2.24) is 9.80 Å². The first kappa shape index (κ1) is 22.6. The lowest BCUT2D eigenvalue weighted by Crippen LogP contribution is -2.51. The van der Waals surface area contributed by atoms with E-state index in [9.17, 15) is 14.4 Å². The molecule has 5 rings (SSSR count). The molecule has 3 fully saturated rings. The summed E-state index contributed by atoms with van der Waals surface area (Å²) in [5.74, 6) is -1.45. The minimum atomic E-state index is -1.47. The van der Waals surface area contributed by atoms with Crippen molar-refractivity contribution in [2.24, 2.45) is 0 Å². The van der Waals surface area contributed by atoms with E-state index in [2.05, 4.69) is 4.90 Å². The Bertz CT molecular complexity index is 1080. The molecule has 2 heterocycles. The molecule has 1 atom stereocenters. The SMILES string of the molecule is O=C(CC1(c2ccccc2F)CC(=O)N(C2CCCC2)C1=O)N1CCN(c2ccccc2)CC1. The maximum Gasteiger partial charge on any atom is 0.241 e. The van der Waals surface area contributed by atoms with Gasteiger partial charge in [-0.25, -0.2) is 4.39 Å². The Morgan fingerprint density at radius 2 is 1.56 bits per heavy atom. The molecule has 178 valence electrons. The number of rotatable bonds is 5. The summed E-state index contributed by atoms with van der Waals surface area (Å²) in [6.45, 7) is 2.41. The van der Waals surface area contributed by atoms with E-state index in [1.807, 2.05) is 30.3 Å². The van der Waals surface area contributed by atoms with Crippen molar-refractivity contribution >= 4 is 23.4 Å². The fourth-order valence-electron chi connectivity index (χ4n) is 5.81. The van der Waals surface area contributed by atoms with Gasteiger partial charge in [-0.15, -0.1) is 0 Å². The first-order valence-electron chi connectivity index (χ1n) is 12.2. The van der Waals surface area contributed by atoms with Crippen LogP contribution in [0.4, 0.5) is 10.1 Å². The van der Waals surface area contributed by atoms with Crippen molar-refractivity contribution in [3.05, 3.63) is 66.0 Å². The molecule has 34 heavy (non-hydrogen) atoms. The van der Waals surface area contributed by atoms with Gasteiger partial charge in [0.1, 0.15) is 5.82 Å². The van der Waals surface area contributed by atoms with Crippen LogP contribution in [0.3, 0.4) is 0 Å². The zero-order valence-electron chi connectivity index (χ0n) is 19.3. The first-order valence-corrected chi connectivity index (χ1v) is 12.2. The molecular formula is C27H30FN3O3. The van der Waals surface area contributed by atoms with Crippen molar-refractivity contribution in [3.63, 3.8) is 0 Å². The van der Waals surface area contributed by atoms with Gasteiger partial charge in [-0.05, 0) is 31.0 Å². The van der Waals surface area contributed by atoms with E-state index < -0.39 is 17.1 Å². The van der Waals surface area contributed by atoms with E-state index >= 15 is 4.39 Å². The van der Waals surface area contributed by atoms with E-state index in [-0.39, 0.29) is 36.3 Å². The highest BCUT2D eigenvalue weighted by atomic mass is 19.1. The fourth-order valence-corrected chi connectivity index (χ4v) is 5.81. The third kappa shape index (κ3) is 3.97. The number of benzene rings is 2. The number of anilines is 1. The third-order valence-electron chi connectivity index (χ3n) is 7.64. The van der Waals surface area contributed by atoms with Gasteiger partial charge >= 0.3 is 0 Å². The highest BCUT2D eigenvalue weighted by Crippen LogP contribution is 2.44. The summed E-state index contributed by atoms with van der Waals surface area (Å²) >= 11 is 0. The Morgan fingerprint density at radius 3 is 2.24 bits per heavy atom. The van der Waals surface area contributed by atoms with Crippen LogP contribution in [0.2, 0.25) is 0 Å². The van der Waals surface area contributed by atoms with Gasteiger partial charge in [0.05, 0.1) is 5.41 Å². The molecule has 3 aliphatic rings. The molecule has 0 radical (unpaired) electrons. The molecular weight excluding hydrogens is 433 g/mol. The van der Waals surface area contributed by atoms with Gasteiger partial charge in [0, 0.05) is 56.3 Å². The predicted molar refractivity (Wildman–Crippen MR) is 127 cm³/mol. The molecule has 2 aromatic rings. The highest BCUT2D eigenvalue weighted by molar-refractivity contribution is 6.11. The molecule has 2 aliphatic heterocycles. The number of imide groups is 1. The number of hydrogen-bond acceptors (Lipinski definition) is 4. The smallest absolute Gasteiger partial charge is 0.241 e. The lowest BCUT2D eigenvalue weighted by molar-refractivity contribution is -0.144. The second-order valence-electron chi connectivity index (χ2n) is 9.63. The van der Waals surface area contributed by atoms with Crippen molar-refractivity contribution in [1.29, 1.82) is 0 Å². The summed E-state index contributed by atoms with van der Waals surface area (Å²) in [6.07, 6.45) is 3.16. The second kappa shape index (κ2) is 9.20. The highest BCUT2D eigenvalue weighted by Gasteiger charge is 2.56. The Kier molecular flexibility index (Phi) is 6.11. The summed E-state index contributed by atoms with van der Waals surface area (Å²) in [6, 6.07) is 16.0. The fraction of sp³-hybridized carbons (Fsp3) is 0.444. The largest absolute Gasteiger partial charge is 0.368 e. The molecule has 0 spiro atoms. The average molecular weight is 464 g/mol. The average Bonchev–Trinajstić information content (AvgIpc) is 3.46. The van der Waals surface area contributed by atoms with Crippen molar-refractivity contribution in [3.8, 4) is 0 Å². The summed E-state index contributed by atoms with van der Waals surface area (Å²) in [4.78, 5) is 45.7. The van der Waals surface area contributed by atoms with E-state index in [0.717, 1.165) is 31.4 Å². The monoisotopic (exact) mass is 463 g/mol. The number of likely N-dealkylation sites (tertiary alicyclic amines) is 1. The summed E-state index contributed by atoms with van der Waals surface area (Å²) < 4.78 is 15.0. The van der Waals surface area contributed by atoms with Crippen LogP contribution in [0.5, 0.6) is 0 Å². The Hall–Kier alpha value is -3.22. The van der Waals surface area contributed by atoms with Crippen molar-refractivity contribution in [2.75, 3.05) is 31.1 Å². The molecule has 1 unspecified atom stereocenters. The maximum absolute atomic E-state index is 15.0. The van der Waals surface area contributed by atoms with Crippen LogP contribution in [0.15, 0.2) is 54.6 Å². The van der Waals surface area contributed by atoms with Crippen LogP contribution in [0.1, 0.15) is 44.1 Å². The molecule has 2 saturated heterocycles. The lowest BCUT2D eigenvalue weighted by atomic mass is 9.75. The molecule has 6 nitrogen and oxygen atoms in total.